The van der Waals surface area contributed by atoms with Gasteiger partial charge in [0.05, 0.1) is 13.2 Å². The van der Waals surface area contributed by atoms with Crippen molar-refractivity contribution in [2.45, 2.75) is 32.1 Å². The summed E-state index contributed by atoms with van der Waals surface area (Å²) in [6, 6.07) is 11.5. The molecule has 0 aliphatic carbocycles. The highest BCUT2D eigenvalue weighted by Crippen LogP contribution is 2.26. The minimum Gasteiger partial charge on any atom is -0.372 e. The van der Waals surface area contributed by atoms with Crippen molar-refractivity contribution in [2.24, 2.45) is 0 Å². The van der Waals surface area contributed by atoms with Gasteiger partial charge >= 0.3 is 0 Å². The number of benzene rings is 1. The van der Waals surface area contributed by atoms with Gasteiger partial charge in [-0.15, -0.1) is 11.3 Å². The van der Waals surface area contributed by atoms with E-state index in [0.29, 0.717) is 6.04 Å². The summed E-state index contributed by atoms with van der Waals surface area (Å²) in [7, 11) is 2.04. The van der Waals surface area contributed by atoms with E-state index in [0.717, 1.165) is 26.1 Å². The van der Waals surface area contributed by atoms with Crippen LogP contribution in [0.2, 0.25) is 0 Å². The lowest BCUT2D eigenvalue weighted by molar-refractivity contribution is 0.134. The molecule has 2 heterocycles. The average molecular weight is 273 g/mol. The third-order valence-electron chi connectivity index (χ3n) is 3.76. The molecule has 1 unspecified atom stereocenters. The third-order valence-corrected chi connectivity index (χ3v) is 4.69. The highest BCUT2D eigenvalue weighted by molar-refractivity contribution is 7.09. The molecule has 1 atom stereocenters. The van der Waals surface area contributed by atoms with Crippen LogP contribution in [-0.4, -0.2) is 7.05 Å². The summed E-state index contributed by atoms with van der Waals surface area (Å²) in [5.41, 5.74) is 4.08. The quantitative estimate of drug-likeness (QED) is 0.897. The molecule has 0 amide bonds. The minimum atomic E-state index is 0.424. The van der Waals surface area contributed by atoms with Crippen molar-refractivity contribution in [1.82, 2.24) is 5.32 Å². The van der Waals surface area contributed by atoms with Crippen molar-refractivity contribution in [2.75, 3.05) is 7.05 Å². The number of hydrogen-bond donors (Lipinski definition) is 1. The molecule has 0 radical (unpaired) electrons. The van der Waals surface area contributed by atoms with E-state index in [1.54, 1.807) is 0 Å². The van der Waals surface area contributed by atoms with Crippen molar-refractivity contribution in [3.63, 3.8) is 0 Å². The first-order valence-corrected chi connectivity index (χ1v) is 7.64. The van der Waals surface area contributed by atoms with Crippen LogP contribution in [0.25, 0.3) is 0 Å². The van der Waals surface area contributed by atoms with Gasteiger partial charge in [-0.05, 0) is 48.0 Å². The topological polar surface area (TPSA) is 21.3 Å². The summed E-state index contributed by atoms with van der Waals surface area (Å²) in [5.74, 6) is 0. The van der Waals surface area contributed by atoms with Crippen molar-refractivity contribution in [1.29, 1.82) is 0 Å². The molecule has 1 aromatic heterocycles. The second-order valence-electron chi connectivity index (χ2n) is 4.98. The number of fused-ring (bicyclic) bond motifs is 1. The summed E-state index contributed by atoms with van der Waals surface area (Å²) < 4.78 is 5.48. The van der Waals surface area contributed by atoms with E-state index in [2.05, 4.69) is 41.0 Å². The second kappa shape index (κ2) is 5.87. The Hall–Kier alpha value is -1.16. The standard InChI is InChI=1S/C16H19NOS/c1-17-16(7-6-15-3-2-8-19-15)12-4-5-13-10-18-11-14(13)9-12/h2-5,8-9,16-17H,6-7,10-11H2,1H3. The fraction of sp³-hybridized carbons (Fsp3) is 0.375. The number of hydrogen-bond acceptors (Lipinski definition) is 3. The molecule has 19 heavy (non-hydrogen) atoms. The normalized spacial score (nSPS) is 15.4. The molecule has 3 heteroatoms. The summed E-state index contributed by atoms with van der Waals surface area (Å²) in [6.45, 7) is 1.54. The van der Waals surface area contributed by atoms with Gasteiger partial charge in [0.15, 0.2) is 0 Å². The van der Waals surface area contributed by atoms with E-state index in [1.165, 1.54) is 21.6 Å². The van der Waals surface area contributed by atoms with Gasteiger partial charge in [-0.25, -0.2) is 0 Å². The lowest BCUT2D eigenvalue weighted by Gasteiger charge is -2.17. The molecule has 0 fully saturated rings. The zero-order valence-corrected chi connectivity index (χ0v) is 12.0. The summed E-state index contributed by atoms with van der Waals surface area (Å²) in [5, 5.41) is 5.59. The molecule has 1 aromatic carbocycles. The van der Waals surface area contributed by atoms with Crippen molar-refractivity contribution in [3.8, 4) is 0 Å². The van der Waals surface area contributed by atoms with Gasteiger partial charge in [-0.1, -0.05) is 24.3 Å². The fourth-order valence-electron chi connectivity index (χ4n) is 2.63. The Morgan fingerprint density at radius 1 is 1.26 bits per heavy atom. The molecule has 2 nitrogen and oxygen atoms in total. The molecule has 2 aromatic rings. The number of aryl methyl sites for hydroxylation is 1. The molecule has 0 saturated carbocycles. The maximum atomic E-state index is 5.48. The average Bonchev–Trinajstić information content (AvgIpc) is 3.09. The Balaban J connectivity index is 1.71. The fourth-order valence-corrected chi connectivity index (χ4v) is 3.35. The van der Waals surface area contributed by atoms with E-state index in [4.69, 9.17) is 4.74 Å². The largest absolute Gasteiger partial charge is 0.372 e. The first-order valence-electron chi connectivity index (χ1n) is 6.76. The monoisotopic (exact) mass is 273 g/mol. The molecule has 0 saturated heterocycles. The van der Waals surface area contributed by atoms with Crippen LogP contribution in [0.15, 0.2) is 35.7 Å². The van der Waals surface area contributed by atoms with Gasteiger partial charge in [0.2, 0.25) is 0 Å². The Morgan fingerprint density at radius 3 is 2.95 bits per heavy atom. The van der Waals surface area contributed by atoms with E-state index in [9.17, 15) is 0 Å². The molecule has 0 bridgehead atoms. The number of nitrogens with one attached hydrogen (secondary N) is 1. The van der Waals surface area contributed by atoms with Crippen LogP contribution in [0, 0.1) is 0 Å². The molecule has 1 aliphatic rings. The third kappa shape index (κ3) is 2.89. The van der Waals surface area contributed by atoms with Gasteiger partial charge in [0, 0.05) is 10.9 Å². The highest BCUT2D eigenvalue weighted by atomic mass is 32.1. The van der Waals surface area contributed by atoms with Gasteiger partial charge in [0.25, 0.3) is 0 Å². The zero-order chi connectivity index (χ0) is 13.1. The van der Waals surface area contributed by atoms with Crippen molar-refractivity contribution >= 4 is 11.3 Å². The zero-order valence-electron chi connectivity index (χ0n) is 11.2. The van der Waals surface area contributed by atoms with E-state index < -0.39 is 0 Å². The smallest absolute Gasteiger partial charge is 0.0725 e. The van der Waals surface area contributed by atoms with Crippen LogP contribution >= 0.6 is 11.3 Å². The van der Waals surface area contributed by atoms with Crippen LogP contribution in [0.4, 0.5) is 0 Å². The molecule has 1 N–H and O–H groups in total. The first kappa shape index (κ1) is 12.9. The van der Waals surface area contributed by atoms with Crippen molar-refractivity contribution < 1.29 is 4.74 Å². The van der Waals surface area contributed by atoms with Crippen LogP contribution in [0.5, 0.6) is 0 Å². The first-order chi connectivity index (χ1) is 9.36. The molecule has 3 rings (SSSR count). The van der Waals surface area contributed by atoms with Gasteiger partial charge in [-0.3, -0.25) is 0 Å². The minimum absolute atomic E-state index is 0.424. The predicted molar refractivity (Wildman–Crippen MR) is 79.4 cm³/mol. The molecule has 100 valence electrons. The lowest BCUT2D eigenvalue weighted by atomic mass is 9.98. The van der Waals surface area contributed by atoms with Crippen LogP contribution in [-0.2, 0) is 24.4 Å². The van der Waals surface area contributed by atoms with Gasteiger partial charge in [-0.2, -0.15) is 0 Å². The summed E-state index contributed by atoms with van der Waals surface area (Å²) in [6.07, 6.45) is 2.27. The number of ether oxygens (including phenoxy) is 1. The Morgan fingerprint density at radius 2 is 2.16 bits per heavy atom. The number of thiophene rings is 1. The van der Waals surface area contributed by atoms with Crippen molar-refractivity contribution in [3.05, 3.63) is 57.3 Å². The number of rotatable bonds is 5. The van der Waals surface area contributed by atoms with Crippen LogP contribution in [0.1, 0.15) is 34.0 Å². The van der Waals surface area contributed by atoms with Gasteiger partial charge < -0.3 is 10.1 Å². The highest BCUT2D eigenvalue weighted by Gasteiger charge is 2.15. The maximum Gasteiger partial charge on any atom is 0.0725 e. The van der Waals surface area contributed by atoms with E-state index in [1.807, 2.05) is 18.4 Å². The SMILES string of the molecule is CNC(CCc1cccs1)c1ccc2c(c1)COC2. The molecular formula is C16H19NOS. The summed E-state index contributed by atoms with van der Waals surface area (Å²) in [4.78, 5) is 1.46. The van der Waals surface area contributed by atoms with Gasteiger partial charge in [0.1, 0.15) is 0 Å². The molecule has 1 aliphatic heterocycles. The summed E-state index contributed by atoms with van der Waals surface area (Å²) >= 11 is 1.84. The predicted octanol–water partition coefficient (Wildman–Crippen LogP) is 3.67. The Bertz CT molecular complexity index is 536. The Kier molecular flexibility index (Phi) is 3.97. The van der Waals surface area contributed by atoms with Crippen LogP contribution < -0.4 is 5.32 Å². The maximum absolute atomic E-state index is 5.48. The molecule has 0 spiro atoms. The lowest BCUT2D eigenvalue weighted by Crippen LogP contribution is -2.17. The van der Waals surface area contributed by atoms with E-state index >= 15 is 0 Å². The van der Waals surface area contributed by atoms with Crippen LogP contribution in [0.3, 0.4) is 0 Å². The second-order valence-corrected chi connectivity index (χ2v) is 6.01. The van der Waals surface area contributed by atoms with E-state index in [-0.39, 0.29) is 0 Å². The Labute approximate surface area is 118 Å². The molecular weight excluding hydrogens is 254 g/mol.